The number of aromatic nitrogens is 2. The van der Waals surface area contributed by atoms with E-state index in [1.807, 2.05) is 0 Å². The topological polar surface area (TPSA) is 55.3 Å². The summed E-state index contributed by atoms with van der Waals surface area (Å²) >= 11 is 6.24. The van der Waals surface area contributed by atoms with E-state index in [0.29, 0.717) is 5.82 Å². The minimum absolute atomic E-state index is 0.0284. The largest absolute Gasteiger partial charge is 0.464 e. The van der Waals surface area contributed by atoms with E-state index in [1.165, 1.54) is 37.3 Å². The second kappa shape index (κ2) is 6.75. The van der Waals surface area contributed by atoms with E-state index in [0.717, 1.165) is 18.9 Å². The lowest BCUT2D eigenvalue weighted by molar-refractivity contribution is -0.137. The summed E-state index contributed by atoms with van der Waals surface area (Å²) in [7, 11) is 2.59. The van der Waals surface area contributed by atoms with Crippen LogP contribution in [0.3, 0.4) is 0 Å². The summed E-state index contributed by atoms with van der Waals surface area (Å²) < 4.78 is 44.7. The van der Waals surface area contributed by atoms with E-state index < -0.39 is 17.7 Å². The van der Waals surface area contributed by atoms with Gasteiger partial charge in [-0.15, -0.1) is 0 Å². The summed E-state index contributed by atoms with van der Waals surface area (Å²) in [6.45, 7) is 0. The standard InChI is InChI=1S/C17H15ClF3N3O2/c1-24(11-6-4-3-5-10(11)17(19,20)21)15-12(18)13(16(25)26-2)22-14(23-15)9-7-8-9/h3-6,9H,7-8H2,1-2H3. The first kappa shape index (κ1) is 18.4. The number of halogens is 4. The average Bonchev–Trinajstić information content (AvgIpc) is 3.45. The molecule has 1 aliphatic rings. The Morgan fingerprint density at radius 3 is 2.50 bits per heavy atom. The van der Waals surface area contributed by atoms with E-state index in [1.54, 1.807) is 0 Å². The van der Waals surface area contributed by atoms with Crippen LogP contribution in [0.1, 0.15) is 40.6 Å². The predicted octanol–water partition coefficient (Wildman–Crippen LogP) is 4.58. The summed E-state index contributed by atoms with van der Waals surface area (Å²) in [5.41, 5.74) is -1.11. The highest BCUT2D eigenvalue weighted by molar-refractivity contribution is 6.35. The molecule has 138 valence electrons. The first-order valence-corrected chi connectivity index (χ1v) is 8.17. The Bertz CT molecular complexity index is 854. The van der Waals surface area contributed by atoms with E-state index in [9.17, 15) is 18.0 Å². The molecule has 1 aromatic carbocycles. The number of benzene rings is 1. The van der Waals surface area contributed by atoms with Crippen molar-refractivity contribution in [1.29, 1.82) is 0 Å². The van der Waals surface area contributed by atoms with Gasteiger partial charge in [-0.1, -0.05) is 23.7 Å². The van der Waals surface area contributed by atoms with Crippen LogP contribution in [0.25, 0.3) is 0 Å². The molecule has 0 radical (unpaired) electrons. The number of hydrogen-bond donors (Lipinski definition) is 0. The van der Waals surface area contributed by atoms with Crippen molar-refractivity contribution in [2.24, 2.45) is 0 Å². The van der Waals surface area contributed by atoms with Gasteiger partial charge in [0.05, 0.1) is 18.4 Å². The van der Waals surface area contributed by atoms with Gasteiger partial charge >= 0.3 is 12.1 Å². The molecular weight excluding hydrogens is 371 g/mol. The Kier molecular flexibility index (Phi) is 4.79. The van der Waals surface area contributed by atoms with E-state index >= 15 is 0 Å². The molecule has 0 spiro atoms. The summed E-state index contributed by atoms with van der Waals surface area (Å²) in [6, 6.07) is 5.08. The average molecular weight is 386 g/mol. The monoisotopic (exact) mass is 385 g/mol. The summed E-state index contributed by atoms with van der Waals surface area (Å²) in [5, 5.41) is -0.152. The maximum atomic E-state index is 13.3. The molecule has 1 fully saturated rings. The predicted molar refractivity (Wildman–Crippen MR) is 89.9 cm³/mol. The van der Waals surface area contributed by atoms with E-state index in [-0.39, 0.29) is 28.1 Å². The minimum atomic E-state index is -4.55. The Hall–Kier alpha value is -2.35. The zero-order valence-corrected chi connectivity index (χ0v) is 14.7. The molecule has 5 nitrogen and oxygen atoms in total. The number of hydrogen-bond acceptors (Lipinski definition) is 5. The van der Waals surface area contributed by atoms with Gasteiger partial charge in [0.25, 0.3) is 0 Å². The van der Waals surface area contributed by atoms with Crippen LogP contribution in [-0.4, -0.2) is 30.1 Å². The fourth-order valence-electron chi connectivity index (χ4n) is 2.55. The van der Waals surface area contributed by atoms with Crippen LogP contribution in [0.4, 0.5) is 24.7 Å². The van der Waals surface area contributed by atoms with E-state index in [2.05, 4.69) is 14.7 Å². The molecule has 2 aromatic rings. The maximum absolute atomic E-state index is 13.3. The van der Waals surface area contributed by atoms with Crippen molar-refractivity contribution < 1.29 is 22.7 Å². The number of methoxy groups -OCH3 is 1. The summed E-state index contributed by atoms with van der Waals surface area (Å²) in [6.07, 6.45) is -2.84. The maximum Gasteiger partial charge on any atom is 0.418 e. The molecule has 0 atom stereocenters. The van der Waals surface area contributed by atoms with Crippen molar-refractivity contribution in [3.05, 3.63) is 46.4 Å². The molecule has 0 saturated heterocycles. The van der Waals surface area contributed by atoms with Crippen LogP contribution < -0.4 is 4.90 Å². The number of rotatable bonds is 4. The summed E-state index contributed by atoms with van der Waals surface area (Å²) in [5.74, 6) is -0.291. The van der Waals surface area contributed by atoms with Gasteiger partial charge in [0.15, 0.2) is 11.5 Å². The van der Waals surface area contributed by atoms with Crippen LogP contribution in [0.15, 0.2) is 24.3 Å². The number of carbonyl (C=O) groups excluding carboxylic acids is 1. The van der Waals surface area contributed by atoms with Gasteiger partial charge in [-0.2, -0.15) is 13.2 Å². The third-order valence-electron chi connectivity index (χ3n) is 4.06. The number of alkyl halides is 3. The molecule has 0 N–H and O–H groups in total. The number of anilines is 2. The normalized spacial score (nSPS) is 14.2. The van der Waals surface area contributed by atoms with Crippen molar-refractivity contribution in [3.8, 4) is 0 Å². The molecule has 26 heavy (non-hydrogen) atoms. The van der Waals surface area contributed by atoms with Gasteiger partial charge in [-0.25, -0.2) is 14.8 Å². The second-order valence-corrected chi connectivity index (χ2v) is 6.29. The smallest absolute Gasteiger partial charge is 0.418 e. The third-order valence-corrected chi connectivity index (χ3v) is 4.41. The molecule has 1 saturated carbocycles. The zero-order chi connectivity index (χ0) is 19.1. The fourth-order valence-corrected chi connectivity index (χ4v) is 2.84. The second-order valence-electron chi connectivity index (χ2n) is 5.91. The van der Waals surface area contributed by atoms with Crippen molar-refractivity contribution in [2.75, 3.05) is 19.1 Å². The van der Waals surface area contributed by atoms with Crippen molar-refractivity contribution in [3.63, 3.8) is 0 Å². The molecule has 1 aromatic heterocycles. The first-order valence-electron chi connectivity index (χ1n) is 7.79. The van der Waals surface area contributed by atoms with Crippen LogP contribution in [-0.2, 0) is 10.9 Å². The van der Waals surface area contributed by atoms with Crippen LogP contribution in [0, 0.1) is 0 Å². The third kappa shape index (κ3) is 3.46. The van der Waals surface area contributed by atoms with Crippen molar-refractivity contribution in [2.45, 2.75) is 24.9 Å². The number of esters is 1. The Balaban J connectivity index is 2.15. The van der Waals surface area contributed by atoms with Gasteiger partial charge in [0.1, 0.15) is 10.8 Å². The van der Waals surface area contributed by atoms with Crippen LogP contribution in [0.5, 0.6) is 0 Å². The highest BCUT2D eigenvalue weighted by Crippen LogP contribution is 2.43. The molecule has 0 aliphatic heterocycles. The number of para-hydroxylation sites is 1. The lowest BCUT2D eigenvalue weighted by Gasteiger charge is -2.24. The van der Waals surface area contributed by atoms with Gasteiger partial charge in [-0.3, -0.25) is 0 Å². The molecule has 3 rings (SSSR count). The Labute approximate surface area is 152 Å². The van der Waals surface area contributed by atoms with Crippen molar-refractivity contribution >= 4 is 29.1 Å². The highest BCUT2D eigenvalue weighted by Gasteiger charge is 2.36. The SMILES string of the molecule is COC(=O)c1nc(C2CC2)nc(N(C)c2ccccc2C(F)(F)F)c1Cl. The van der Waals surface area contributed by atoms with Crippen molar-refractivity contribution in [1.82, 2.24) is 9.97 Å². The first-order chi connectivity index (χ1) is 12.2. The van der Waals surface area contributed by atoms with Crippen LogP contribution >= 0.6 is 11.6 Å². The minimum Gasteiger partial charge on any atom is -0.464 e. The number of nitrogens with zero attached hydrogens (tertiary/aromatic N) is 3. The molecular formula is C17H15ClF3N3O2. The van der Waals surface area contributed by atoms with Crippen LogP contribution in [0.2, 0.25) is 5.02 Å². The van der Waals surface area contributed by atoms with Gasteiger partial charge in [-0.05, 0) is 25.0 Å². The number of ether oxygens (including phenoxy) is 1. The van der Waals surface area contributed by atoms with Gasteiger partial charge in [0, 0.05) is 13.0 Å². The lowest BCUT2D eigenvalue weighted by atomic mass is 10.1. The molecule has 1 heterocycles. The fraction of sp³-hybridized carbons (Fsp3) is 0.353. The molecule has 9 heteroatoms. The van der Waals surface area contributed by atoms with Gasteiger partial charge in [0.2, 0.25) is 0 Å². The summed E-state index contributed by atoms with van der Waals surface area (Å²) in [4.78, 5) is 21.7. The lowest BCUT2D eigenvalue weighted by Crippen LogP contribution is -2.20. The Morgan fingerprint density at radius 1 is 1.27 bits per heavy atom. The van der Waals surface area contributed by atoms with Gasteiger partial charge < -0.3 is 9.64 Å². The zero-order valence-electron chi connectivity index (χ0n) is 14.0. The molecule has 0 amide bonds. The quantitative estimate of drug-likeness (QED) is 0.721. The Morgan fingerprint density at radius 2 is 1.92 bits per heavy atom. The molecule has 1 aliphatic carbocycles. The highest BCUT2D eigenvalue weighted by atomic mass is 35.5. The molecule has 0 unspecified atom stereocenters. The van der Waals surface area contributed by atoms with E-state index in [4.69, 9.17) is 11.6 Å². The molecule has 0 bridgehead atoms. The number of carbonyl (C=O) groups is 1.